The molecule has 17 heavy (non-hydrogen) atoms. The van der Waals surface area contributed by atoms with Crippen LogP contribution in [0.15, 0.2) is 29.2 Å². The maximum absolute atomic E-state index is 11.8. The monoisotopic (exact) mass is 316 g/mol. The Kier molecular flexibility index (Phi) is 4.58. The molecule has 0 aliphatic carbocycles. The largest absolute Gasteiger partial charge is 0.491 e. The molecule has 3 nitrogen and oxygen atoms in total. The Bertz CT molecular complexity index is 475. The van der Waals surface area contributed by atoms with Crippen molar-refractivity contribution < 1.29 is 13.2 Å². The van der Waals surface area contributed by atoms with Gasteiger partial charge in [-0.1, -0.05) is 34.8 Å². The van der Waals surface area contributed by atoms with Gasteiger partial charge in [0.2, 0.25) is 9.84 Å². The van der Waals surface area contributed by atoms with Crippen molar-refractivity contribution in [1.82, 2.24) is 0 Å². The molecule has 0 spiro atoms. The van der Waals surface area contributed by atoms with Gasteiger partial charge in [0.25, 0.3) is 3.12 Å². The van der Waals surface area contributed by atoms with Crippen LogP contribution in [-0.2, 0) is 9.84 Å². The number of ether oxygens (including phenoxy) is 1. The van der Waals surface area contributed by atoms with E-state index >= 15 is 0 Å². The average molecular weight is 318 g/mol. The van der Waals surface area contributed by atoms with E-state index in [0.29, 0.717) is 5.75 Å². The quantitative estimate of drug-likeness (QED) is 0.800. The van der Waals surface area contributed by atoms with Gasteiger partial charge in [-0.05, 0) is 38.1 Å². The topological polar surface area (TPSA) is 43.4 Å². The maximum atomic E-state index is 11.8. The third-order valence-corrected chi connectivity index (χ3v) is 5.14. The van der Waals surface area contributed by atoms with Gasteiger partial charge in [0.05, 0.1) is 11.0 Å². The zero-order valence-corrected chi connectivity index (χ0v) is 12.2. The molecule has 0 aliphatic rings. The molecule has 96 valence electrons. The van der Waals surface area contributed by atoms with Crippen LogP contribution in [0.2, 0.25) is 0 Å². The summed E-state index contributed by atoms with van der Waals surface area (Å²) in [6.45, 7) is 3.73. The predicted molar refractivity (Wildman–Crippen MR) is 69.7 cm³/mol. The summed E-state index contributed by atoms with van der Waals surface area (Å²) in [6, 6.07) is 5.72. The molecular weight excluding hydrogens is 307 g/mol. The molecule has 0 saturated carbocycles. The summed E-state index contributed by atoms with van der Waals surface area (Å²) in [5.74, 6) is 0.559. The number of alkyl halides is 3. The van der Waals surface area contributed by atoms with Gasteiger partial charge in [0.15, 0.2) is 0 Å². The second kappa shape index (κ2) is 5.22. The number of hydrogen-bond acceptors (Lipinski definition) is 3. The smallest absolute Gasteiger partial charge is 0.296 e. The lowest BCUT2D eigenvalue weighted by molar-refractivity contribution is 0.242. The van der Waals surface area contributed by atoms with E-state index in [1.807, 2.05) is 13.8 Å². The predicted octanol–water partition coefficient (Wildman–Crippen LogP) is 3.58. The van der Waals surface area contributed by atoms with Crippen molar-refractivity contribution in [2.75, 3.05) is 0 Å². The lowest BCUT2D eigenvalue weighted by atomic mass is 10.3. The van der Waals surface area contributed by atoms with Crippen molar-refractivity contribution in [3.8, 4) is 5.75 Å². The number of hydrogen-bond donors (Lipinski definition) is 0. The van der Waals surface area contributed by atoms with E-state index in [0.717, 1.165) is 0 Å². The molecule has 0 aliphatic heterocycles. The number of sulfone groups is 1. The van der Waals surface area contributed by atoms with Crippen LogP contribution in [0, 0.1) is 0 Å². The zero-order valence-electron chi connectivity index (χ0n) is 9.15. The Labute approximate surface area is 116 Å². The SMILES string of the molecule is CC(C)Oc1ccc(S(=O)(=O)C(Cl)(Cl)Cl)cc1. The van der Waals surface area contributed by atoms with Gasteiger partial charge in [-0.3, -0.25) is 0 Å². The fraction of sp³-hybridized carbons (Fsp3) is 0.400. The zero-order chi connectivity index (χ0) is 13.3. The van der Waals surface area contributed by atoms with Crippen molar-refractivity contribution in [2.24, 2.45) is 0 Å². The second-order valence-corrected chi connectivity index (χ2v) is 8.63. The van der Waals surface area contributed by atoms with Crippen LogP contribution in [0.5, 0.6) is 5.75 Å². The van der Waals surface area contributed by atoms with Gasteiger partial charge in [-0.2, -0.15) is 0 Å². The van der Waals surface area contributed by atoms with E-state index in [9.17, 15) is 8.42 Å². The van der Waals surface area contributed by atoms with Crippen molar-refractivity contribution in [1.29, 1.82) is 0 Å². The number of rotatable bonds is 3. The Hall–Kier alpha value is -0.160. The first-order chi connectivity index (χ1) is 7.64. The van der Waals surface area contributed by atoms with Crippen LogP contribution in [0.1, 0.15) is 13.8 Å². The van der Waals surface area contributed by atoms with Gasteiger partial charge in [0.1, 0.15) is 5.75 Å². The van der Waals surface area contributed by atoms with Crippen molar-refractivity contribution >= 4 is 44.6 Å². The summed E-state index contributed by atoms with van der Waals surface area (Å²) >= 11 is 16.2. The van der Waals surface area contributed by atoms with E-state index in [-0.39, 0.29) is 11.0 Å². The van der Waals surface area contributed by atoms with Crippen LogP contribution < -0.4 is 4.74 Å². The Morgan fingerprint density at radius 1 is 1.12 bits per heavy atom. The summed E-state index contributed by atoms with van der Waals surface area (Å²) in [6.07, 6.45) is 0.00521. The first-order valence-corrected chi connectivity index (χ1v) is 7.34. The Morgan fingerprint density at radius 3 is 1.94 bits per heavy atom. The molecule has 0 amide bonds. The molecule has 0 unspecified atom stereocenters. The molecule has 1 aromatic rings. The third-order valence-electron chi connectivity index (χ3n) is 1.81. The van der Waals surface area contributed by atoms with E-state index < -0.39 is 13.0 Å². The molecule has 0 heterocycles. The van der Waals surface area contributed by atoms with Crippen LogP contribution >= 0.6 is 34.8 Å². The molecule has 0 saturated heterocycles. The van der Waals surface area contributed by atoms with Gasteiger partial charge < -0.3 is 4.74 Å². The minimum Gasteiger partial charge on any atom is -0.491 e. The molecule has 7 heteroatoms. The fourth-order valence-corrected chi connectivity index (χ4v) is 2.67. The van der Waals surface area contributed by atoms with Crippen LogP contribution in [0.3, 0.4) is 0 Å². The first kappa shape index (κ1) is 14.9. The average Bonchev–Trinajstić information content (AvgIpc) is 2.15. The highest BCUT2D eigenvalue weighted by atomic mass is 35.6. The second-order valence-electron chi connectivity index (χ2n) is 3.59. The molecule has 0 fully saturated rings. The van der Waals surface area contributed by atoms with Gasteiger partial charge >= 0.3 is 0 Å². The summed E-state index contributed by atoms with van der Waals surface area (Å²) in [4.78, 5) is -0.0615. The van der Waals surface area contributed by atoms with Gasteiger partial charge in [0, 0.05) is 0 Å². The molecule has 0 aromatic heterocycles. The standard InChI is InChI=1S/C10H11Cl3O3S/c1-7(2)16-8-3-5-9(6-4-8)17(14,15)10(11,12)13/h3-7H,1-2H3. The van der Waals surface area contributed by atoms with Gasteiger partial charge in [-0.15, -0.1) is 0 Å². The highest BCUT2D eigenvalue weighted by Gasteiger charge is 2.39. The first-order valence-electron chi connectivity index (χ1n) is 4.72. The van der Waals surface area contributed by atoms with Crippen molar-refractivity contribution in [2.45, 2.75) is 28.0 Å². The van der Waals surface area contributed by atoms with E-state index in [1.165, 1.54) is 24.3 Å². The maximum Gasteiger partial charge on any atom is 0.296 e. The number of benzene rings is 1. The van der Waals surface area contributed by atoms with Crippen molar-refractivity contribution in [3.05, 3.63) is 24.3 Å². The van der Waals surface area contributed by atoms with Crippen LogP contribution in [0.4, 0.5) is 0 Å². The normalized spacial score (nSPS) is 12.8. The third kappa shape index (κ3) is 3.65. The lowest BCUT2D eigenvalue weighted by Crippen LogP contribution is -2.19. The van der Waals surface area contributed by atoms with E-state index in [4.69, 9.17) is 39.5 Å². The van der Waals surface area contributed by atoms with Crippen molar-refractivity contribution in [3.63, 3.8) is 0 Å². The highest BCUT2D eigenvalue weighted by Crippen LogP contribution is 2.37. The summed E-state index contributed by atoms with van der Waals surface area (Å²) in [5.41, 5.74) is 0. The lowest BCUT2D eigenvalue weighted by Gasteiger charge is -2.13. The Morgan fingerprint density at radius 2 is 1.59 bits per heavy atom. The highest BCUT2D eigenvalue weighted by molar-refractivity contribution is 7.97. The molecule has 0 N–H and O–H groups in total. The van der Waals surface area contributed by atoms with E-state index in [1.54, 1.807) is 0 Å². The van der Waals surface area contributed by atoms with E-state index in [2.05, 4.69) is 0 Å². The summed E-state index contributed by atoms with van der Waals surface area (Å²) in [5, 5.41) is 0. The Balaban J connectivity index is 3.04. The number of halogens is 3. The van der Waals surface area contributed by atoms with Gasteiger partial charge in [-0.25, -0.2) is 8.42 Å². The fourth-order valence-electron chi connectivity index (χ4n) is 1.10. The molecular formula is C10H11Cl3O3S. The molecule has 0 bridgehead atoms. The summed E-state index contributed by atoms with van der Waals surface area (Å²) < 4.78 is 26.5. The molecule has 0 atom stereocenters. The summed E-state index contributed by atoms with van der Waals surface area (Å²) in [7, 11) is -3.98. The minimum absolute atomic E-state index is 0.00521. The van der Waals surface area contributed by atoms with Crippen LogP contribution in [0.25, 0.3) is 0 Å². The molecule has 1 aromatic carbocycles. The molecule has 1 rings (SSSR count). The molecule has 0 radical (unpaired) electrons. The van der Waals surface area contributed by atoms with Crippen LogP contribution in [-0.4, -0.2) is 17.6 Å². The minimum atomic E-state index is -3.98.